The van der Waals surface area contributed by atoms with Crippen molar-refractivity contribution < 1.29 is 0 Å². The minimum atomic E-state index is -0.444. The molecule has 5 aromatic carbocycles. The fourth-order valence-corrected chi connectivity index (χ4v) is 5.85. The molecule has 1 nitrogen and oxygen atoms in total. The van der Waals surface area contributed by atoms with E-state index < -0.39 is 5.41 Å². The zero-order valence-corrected chi connectivity index (χ0v) is 21.1. The molecule has 176 valence electrons. The molecule has 0 heterocycles. The molecule has 0 bridgehead atoms. The van der Waals surface area contributed by atoms with Gasteiger partial charge in [-0.15, -0.1) is 0 Å². The summed E-state index contributed by atoms with van der Waals surface area (Å²) < 4.78 is 0. The Morgan fingerprint density at radius 2 is 1.08 bits per heavy atom. The molecule has 0 spiro atoms. The Kier molecular flexibility index (Phi) is 5.12. The number of rotatable bonds is 3. The molecule has 0 aliphatic heterocycles. The lowest BCUT2D eigenvalue weighted by Crippen LogP contribution is -2.28. The highest BCUT2D eigenvalue weighted by atomic mass is 14.6. The zero-order valence-electron chi connectivity index (χ0n) is 21.1. The molecule has 0 aromatic heterocycles. The first-order chi connectivity index (χ1) is 17.4. The molecule has 0 atom stereocenters. The predicted octanol–water partition coefficient (Wildman–Crippen LogP) is 8.60. The Balaban J connectivity index is 1.69. The van der Waals surface area contributed by atoms with Crippen molar-refractivity contribution in [3.05, 3.63) is 149 Å². The number of nitrogen functional groups attached to an aromatic ring is 1. The number of hydrogen-bond acceptors (Lipinski definition) is 1. The summed E-state index contributed by atoms with van der Waals surface area (Å²) >= 11 is 0. The number of fused-ring (bicyclic) bond motifs is 3. The number of anilines is 1. The summed E-state index contributed by atoms with van der Waals surface area (Å²) in [7, 11) is 0. The summed E-state index contributed by atoms with van der Waals surface area (Å²) in [6.45, 7) is 6.81. The van der Waals surface area contributed by atoms with Crippen molar-refractivity contribution in [2.45, 2.75) is 31.6 Å². The summed E-state index contributed by atoms with van der Waals surface area (Å²) in [5.41, 5.74) is 18.3. The molecular formula is C35H31N. The molecule has 0 fully saturated rings. The van der Waals surface area contributed by atoms with E-state index in [9.17, 15) is 0 Å². The minimum Gasteiger partial charge on any atom is -0.399 e. The summed E-state index contributed by atoms with van der Waals surface area (Å²) in [6, 6.07) is 44.1. The minimum absolute atomic E-state index is 0.0956. The van der Waals surface area contributed by atoms with Gasteiger partial charge in [0.2, 0.25) is 0 Å². The van der Waals surface area contributed by atoms with Crippen LogP contribution in [0.5, 0.6) is 0 Å². The molecule has 1 aliphatic rings. The molecule has 1 aliphatic carbocycles. The Morgan fingerprint density at radius 3 is 1.69 bits per heavy atom. The van der Waals surface area contributed by atoms with Crippen LogP contribution in [0.1, 0.15) is 48.6 Å². The van der Waals surface area contributed by atoms with Gasteiger partial charge in [0.15, 0.2) is 0 Å². The highest BCUT2D eigenvalue weighted by Gasteiger charge is 2.46. The van der Waals surface area contributed by atoms with Crippen LogP contribution < -0.4 is 5.73 Å². The second kappa shape index (κ2) is 8.24. The Labute approximate surface area is 214 Å². The largest absolute Gasteiger partial charge is 0.399 e. The van der Waals surface area contributed by atoms with Gasteiger partial charge in [-0.05, 0) is 73.7 Å². The molecule has 0 saturated carbocycles. The van der Waals surface area contributed by atoms with E-state index in [2.05, 4.69) is 136 Å². The van der Waals surface area contributed by atoms with Gasteiger partial charge in [0.05, 0.1) is 5.41 Å². The lowest BCUT2D eigenvalue weighted by atomic mass is 9.67. The predicted molar refractivity (Wildman–Crippen MR) is 152 cm³/mol. The molecule has 0 unspecified atom stereocenters. The Bertz CT molecular complexity index is 1520. The maximum atomic E-state index is 6.42. The second-order valence-corrected chi connectivity index (χ2v) is 10.9. The third-order valence-electron chi connectivity index (χ3n) is 7.64. The highest BCUT2D eigenvalue weighted by molar-refractivity contribution is 5.89. The van der Waals surface area contributed by atoms with Crippen LogP contribution in [0.3, 0.4) is 0 Å². The van der Waals surface area contributed by atoms with Crippen LogP contribution in [0.25, 0.3) is 22.3 Å². The first-order valence-corrected chi connectivity index (χ1v) is 12.7. The lowest BCUT2D eigenvalue weighted by Gasteiger charge is -2.34. The standard InChI is InChI=1S/C35H31N/c1-34(2,3)28-16-10-11-24(21-28)25-17-19-30-31-20-18-29(36)23-33(31)35(32(30)22-25,26-12-6-4-7-13-26)27-14-8-5-9-15-27/h4-23H,36H2,1-3H3. The van der Waals surface area contributed by atoms with Crippen molar-refractivity contribution in [2.24, 2.45) is 0 Å². The van der Waals surface area contributed by atoms with Gasteiger partial charge in [-0.25, -0.2) is 0 Å². The molecule has 0 amide bonds. The molecule has 5 aromatic rings. The van der Waals surface area contributed by atoms with Crippen LogP contribution in [0.4, 0.5) is 5.69 Å². The third-order valence-corrected chi connectivity index (χ3v) is 7.64. The van der Waals surface area contributed by atoms with Crippen LogP contribution in [0.2, 0.25) is 0 Å². The SMILES string of the molecule is CC(C)(C)c1cccc(-c2ccc3c(c2)C(c2ccccc2)(c2ccccc2)c2cc(N)ccc2-3)c1. The average Bonchev–Trinajstić information content (AvgIpc) is 3.19. The maximum Gasteiger partial charge on any atom is 0.0714 e. The summed E-state index contributed by atoms with van der Waals surface area (Å²) in [6.07, 6.45) is 0. The topological polar surface area (TPSA) is 26.0 Å². The van der Waals surface area contributed by atoms with Crippen molar-refractivity contribution in [2.75, 3.05) is 5.73 Å². The van der Waals surface area contributed by atoms with Gasteiger partial charge in [0.1, 0.15) is 0 Å². The van der Waals surface area contributed by atoms with Gasteiger partial charge in [0.25, 0.3) is 0 Å². The van der Waals surface area contributed by atoms with E-state index >= 15 is 0 Å². The van der Waals surface area contributed by atoms with Gasteiger partial charge >= 0.3 is 0 Å². The number of benzene rings is 5. The van der Waals surface area contributed by atoms with E-state index in [1.807, 2.05) is 6.07 Å². The van der Waals surface area contributed by atoms with Crippen LogP contribution >= 0.6 is 0 Å². The van der Waals surface area contributed by atoms with Crippen LogP contribution in [-0.4, -0.2) is 0 Å². The van der Waals surface area contributed by atoms with Gasteiger partial charge < -0.3 is 5.73 Å². The first kappa shape index (κ1) is 22.4. The van der Waals surface area contributed by atoms with Gasteiger partial charge in [-0.2, -0.15) is 0 Å². The van der Waals surface area contributed by atoms with E-state index in [-0.39, 0.29) is 5.41 Å². The third kappa shape index (κ3) is 3.38. The second-order valence-electron chi connectivity index (χ2n) is 10.9. The van der Waals surface area contributed by atoms with E-state index in [0.717, 1.165) is 5.69 Å². The highest BCUT2D eigenvalue weighted by Crippen LogP contribution is 2.57. The van der Waals surface area contributed by atoms with Crippen LogP contribution in [-0.2, 0) is 10.8 Å². The summed E-state index contributed by atoms with van der Waals surface area (Å²) in [5, 5.41) is 0. The fraction of sp³-hybridized carbons (Fsp3) is 0.143. The molecule has 36 heavy (non-hydrogen) atoms. The molecular weight excluding hydrogens is 434 g/mol. The monoisotopic (exact) mass is 465 g/mol. The average molecular weight is 466 g/mol. The number of hydrogen-bond donors (Lipinski definition) is 1. The maximum absolute atomic E-state index is 6.42. The van der Waals surface area contributed by atoms with Gasteiger partial charge in [-0.3, -0.25) is 0 Å². The molecule has 2 N–H and O–H groups in total. The molecule has 0 saturated heterocycles. The van der Waals surface area contributed by atoms with E-state index in [4.69, 9.17) is 5.73 Å². The Morgan fingerprint density at radius 1 is 0.528 bits per heavy atom. The smallest absolute Gasteiger partial charge is 0.0714 e. The van der Waals surface area contributed by atoms with Crippen LogP contribution in [0, 0.1) is 0 Å². The van der Waals surface area contributed by atoms with Gasteiger partial charge in [0, 0.05) is 5.69 Å². The summed E-state index contributed by atoms with van der Waals surface area (Å²) in [4.78, 5) is 0. The van der Waals surface area contributed by atoms with Crippen molar-refractivity contribution >= 4 is 5.69 Å². The zero-order chi connectivity index (χ0) is 24.9. The van der Waals surface area contributed by atoms with Crippen molar-refractivity contribution in [1.29, 1.82) is 0 Å². The fourth-order valence-electron chi connectivity index (χ4n) is 5.85. The molecule has 1 heteroatoms. The summed E-state index contributed by atoms with van der Waals surface area (Å²) in [5.74, 6) is 0. The van der Waals surface area contributed by atoms with E-state index in [1.54, 1.807) is 0 Å². The first-order valence-electron chi connectivity index (χ1n) is 12.7. The normalized spacial score (nSPS) is 13.8. The quantitative estimate of drug-likeness (QED) is 0.260. The molecule has 0 radical (unpaired) electrons. The van der Waals surface area contributed by atoms with Crippen LogP contribution in [0.15, 0.2) is 121 Å². The van der Waals surface area contributed by atoms with Crippen molar-refractivity contribution in [3.8, 4) is 22.3 Å². The van der Waals surface area contributed by atoms with Crippen molar-refractivity contribution in [1.82, 2.24) is 0 Å². The van der Waals surface area contributed by atoms with E-state index in [0.29, 0.717) is 0 Å². The lowest BCUT2D eigenvalue weighted by molar-refractivity contribution is 0.590. The number of nitrogens with two attached hydrogens (primary N) is 1. The molecule has 6 rings (SSSR count). The van der Waals surface area contributed by atoms with Gasteiger partial charge in [-0.1, -0.05) is 124 Å². The van der Waals surface area contributed by atoms with E-state index in [1.165, 1.54) is 50.1 Å². The Hall–Kier alpha value is -4.10. The van der Waals surface area contributed by atoms with Crippen molar-refractivity contribution in [3.63, 3.8) is 0 Å².